The van der Waals surface area contributed by atoms with E-state index < -0.39 is 22.0 Å². The van der Waals surface area contributed by atoms with Gasteiger partial charge in [-0.05, 0) is 55.5 Å². The van der Waals surface area contributed by atoms with Crippen LogP contribution in [0.5, 0.6) is 0 Å². The van der Waals surface area contributed by atoms with Gasteiger partial charge in [0, 0.05) is 28.4 Å². The predicted molar refractivity (Wildman–Crippen MR) is 125 cm³/mol. The van der Waals surface area contributed by atoms with Gasteiger partial charge in [0.15, 0.2) is 0 Å². The normalized spacial score (nSPS) is 11.3. The SMILES string of the molecule is CC(Sc1ccc(NC(=O)c2ccccc2C(=O)O)cc1)C(=O)Nc1ccc([N+](=O)[O-])cc1. The zero-order valence-electron chi connectivity index (χ0n) is 17.3. The Labute approximate surface area is 193 Å². The summed E-state index contributed by atoms with van der Waals surface area (Å²) in [6.07, 6.45) is 0. The Morgan fingerprint density at radius 3 is 2.00 bits per heavy atom. The third-order valence-electron chi connectivity index (χ3n) is 4.54. The number of hydrogen-bond acceptors (Lipinski definition) is 6. The first-order valence-electron chi connectivity index (χ1n) is 9.70. The molecular formula is C23H19N3O6S. The zero-order chi connectivity index (χ0) is 24.0. The molecular weight excluding hydrogens is 446 g/mol. The van der Waals surface area contributed by atoms with Crippen molar-refractivity contribution in [2.24, 2.45) is 0 Å². The van der Waals surface area contributed by atoms with E-state index in [0.29, 0.717) is 11.4 Å². The molecule has 0 saturated heterocycles. The summed E-state index contributed by atoms with van der Waals surface area (Å²) >= 11 is 1.30. The van der Waals surface area contributed by atoms with E-state index in [1.54, 1.807) is 43.3 Å². The number of nitrogens with one attached hydrogen (secondary N) is 2. The van der Waals surface area contributed by atoms with Gasteiger partial charge in [-0.3, -0.25) is 19.7 Å². The minimum absolute atomic E-state index is 0.0555. The number of carboxylic acid groups (broad SMARTS) is 1. The number of carbonyl (C=O) groups excluding carboxylic acids is 2. The van der Waals surface area contributed by atoms with E-state index >= 15 is 0 Å². The predicted octanol–water partition coefficient (Wildman–Crippen LogP) is 4.66. The molecule has 33 heavy (non-hydrogen) atoms. The minimum atomic E-state index is -1.19. The lowest BCUT2D eigenvalue weighted by molar-refractivity contribution is -0.384. The molecule has 1 atom stereocenters. The monoisotopic (exact) mass is 465 g/mol. The van der Waals surface area contributed by atoms with E-state index in [1.165, 1.54) is 48.2 Å². The molecule has 0 bridgehead atoms. The second-order valence-corrected chi connectivity index (χ2v) is 8.30. The van der Waals surface area contributed by atoms with Gasteiger partial charge in [-0.1, -0.05) is 12.1 Å². The number of anilines is 2. The number of benzene rings is 3. The minimum Gasteiger partial charge on any atom is -0.478 e. The number of carbonyl (C=O) groups is 3. The number of nitro benzene ring substituents is 1. The maximum absolute atomic E-state index is 12.5. The average Bonchev–Trinajstić information content (AvgIpc) is 2.80. The first-order chi connectivity index (χ1) is 15.7. The summed E-state index contributed by atoms with van der Waals surface area (Å²) in [6.45, 7) is 1.73. The topological polar surface area (TPSA) is 139 Å². The highest BCUT2D eigenvalue weighted by Gasteiger charge is 2.17. The number of carboxylic acids is 1. The Morgan fingerprint density at radius 2 is 1.42 bits per heavy atom. The third-order valence-corrected chi connectivity index (χ3v) is 5.65. The Bertz CT molecular complexity index is 1200. The van der Waals surface area contributed by atoms with Gasteiger partial charge in [0.1, 0.15) is 0 Å². The number of aromatic carboxylic acids is 1. The quantitative estimate of drug-likeness (QED) is 0.250. The Kier molecular flexibility index (Phi) is 7.42. The first-order valence-corrected chi connectivity index (χ1v) is 10.6. The van der Waals surface area contributed by atoms with Crippen molar-refractivity contribution in [1.82, 2.24) is 0 Å². The number of rotatable bonds is 8. The van der Waals surface area contributed by atoms with Gasteiger partial charge in [-0.2, -0.15) is 0 Å². The highest BCUT2D eigenvalue weighted by Crippen LogP contribution is 2.26. The van der Waals surface area contributed by atoms with Crippen LogP contribution in [0.15, 0.2) is 77.7 Å². The maximum atomic E-state index is 12.5. The standard InChI is InChI=1S/C23H19N3O6S/c1-14(21(27)24-15-6-10-17(11-7-15)26(31)32)33-18-12-8-16(9-13-18)25-22(28)19-4-2-3-5-20(19)23(29)30/h2-14H,1H3,(H,24,27)(H,25,28)(H,29,30). The van der Waals surface area contributed by atoms with Crippen LogP contribution < -0.4 is 10.6 Å². The van der Waals surface area contributed by atoms with Gasteiger partial charge in [-0.25, -0.2) is 4.79 Å². The summed E-state index contributed by atoms with van der Waals surface area (Å²) in [5.41, 5.74) is 0.842. The molecule has 168 valence electrons. The van der Waals surface area contributed by atoms with Crippen molar-refractivity contribution in [3.05, 3.63) is 94.0 Å². The summed E-state index contributed by atoms with van der Waals surface area (Å²) in [4.78, 5) is 47.2. The van der Waals surface area contributed by atoms with E-state index in [2.05, 4.69) is 10.6 Å². The summed E-state index contributed by atoms with van der Waals surface area (Å²) < 4.78 is 0. The molecule has 0 fully saturated rings. The van der Waals surface area contributed by atoms with Crippen LogP contribution in [0.4, 0.5) is 17.1 Å². The Hall–Kier alpha value is -4.18. The van der Waals surface area contributed by atoms with Crippen molar-refractivity contribution in [2.75, 3.05) is 10.6 Å². The second-order valence-electron chi connectivity index (χ2n) is 6.88. The molecule has 3 aromatic carbocycles. The van der Waals surface area contributed by atoms with E-state index in [1.807, 2.05) is 0 Å². The molecule has 0 spiro atoms. The molecule has 0 heterocycles. The molecule has 0 saturated carbocycles. The third kappa shape index (κ3) is 6.17. The molecule has 0 radical (unpaired) electrons. The molecule has 9 nitrogen and oxygen atoms in total. The first kappa shape index (κ1) is 23.5. The molecule has 0 aliphatic heterocycles. The van der Waals surface area contributed by atoms with Crippen LogP contribution in [0.3, 0.4) is 0 Å². The average molecular weight is 465 g/mol. The van der Waals surface area contributed by atoms with E-state index in [-0.39, 0.29) is 22.7 Å². The number of hydrogen-bond donors (Lipinski definition) is 3. The lowest BCUT2D eigenvalue weighted by Gasteiger charge is -2.13. The van der Waals surface area contributed by atoms with E-state index in [9.17, 15) is 29.6 Å². The molecule has 3 aromatic rings. The molecule has 3 rings (SSSR count). The van der Waals surface area contributed by atoms with Crippen molar-refractivity contribution >= 4 is 46.6 Å². The Morgan fingerprint density at radius 1 is 0.879 bits per heavy atom. The maximum Gasteiger partial charge on any atom is 0.336 e. The second kappa shape index (κ2) is 10.4. The summed E-state index contributed by atoms with van der Waals surface area (Å²) in [6, 6.07) is 18.3. The van der Waals surface area contributed by atoms with Gasteiger partial charge < -0.3 is 15.7 Å². The van der Waals surface area contributed by atoms with Crippen LogP contribution in [-0.4, -0.2) is 33.1 Å². The molecule has 3 N–H and O–H groups in total. The van der Waals surface area contributed by atoms with Crippen LogP contribution in [-0.2, 0) is 4.79 Å². The molecule has 0 aromatic heterocycles. The van der Waals surface area contributed by atoms with Crippen LogP contribution in [0.2, 0.25) is 0 Å². The fraction of sp³-hybridized carbons (Fsp3) is 0.0870. The van der Waals surface area contributed by atoms with E-state index in [4.69, 9.17) is 0 Å². The number of amides is 2. The molecule has 0 aliphatic carbocycles. The zero-order valence-corrected chi connectivity index (χ0v) is 18.2. The summed E-state index contributed by atoms with van der Waals surface area (Å²) in [5, 5.41) is 24.9. The van der Waals surface area contributed by atoms with Gasteiger partial charge in [-0.15, -0.1) is 11.8 Å². The summed E-state index contributed by atoms with van der Waals surface area (Å²) in [7, 11) is 0. The molecule has 10 heteroatoms. The van der Waals surface area contributed by atoms with Crippen LogP contribution in [0.25, 0.3) is 0 Å². The van der Waals surface area contributed by atoms with Crippen LogP contribution in [0.1, 0.15) is 27.6 Å². The number of non-ortho nitro benzene ring substituents is 1. The van der Waals surface area contributed by atoms with Crippen molar-refractivity contribution in [3.63, 3.8) is 0 Å². The van der Waals surface area contributed by atoms with Crippen molar-refractivity contribution in [3.8, 4) is 0 Å². The van der Waals surface area contributed by atoms with Crippen molar-refractivity contribution in [2.45, 2.75) is 17.1 Å². The summed E-state index contributed by atoms with van der Waals surface area (Å²) in [5.74, 6) is -1.99. The van der Waals surface area contributed by atoms with E-state index in [0.717, 1.165) is 4.90 Å². The van der Waals surface area contributed by atoms with Gasteiger partial charge >= 0.3 is 5.97 Å². The lowest BCUT2D eigenvalue weighted by Crippen LogP contribution is -2.22. The molecule has 1 unspecified atom stereocenters. The highest BCUT2D eigenvalue weighted by atomic mass is 32.2. The highest BCUT2D eigenvalue weighted by molar-refractivity contribution is 8.00. The number of nitro groups is 1. The molecule has 2 amide bonds. The smallest absolute Gasteiger partial charge is 0.336 e. The van der Waals surface area contributed by atoms with Crippen LogP contribution in [0, 0.1) is 10.1 Å². The van der Waals surface area contributed by atoms with Gasteiger partial charge in [0.2, 0.25) is 5.91 Å². The largest absolute Gasteiger partial charge is 0.478 e. The number of nitrogens with zero attached hydrogens (tertiary/aromatic N) is 1. The molecule has 0 aliphatic rings. The lowest BCUT2D eigenvalue weighted by atomic mass is 10.1. The Balaban J connectivity index is 1.58. The fourth-order valence-electron chi connectivity index (χ4n) is 2.85. The van der Waals surface area contributed by atoms with Gasteiger partial charge in [0.25, 0.3) is 11.6 Å². The van der Waals surface area contributed by atoms with Crippen LogP contribution >= 0.6 is 11.8 Å². The fourth-order valence-corrected chi connectivity index (χ4v) is 3.72. The van der Waals surface area contributed by atoms with Crippen molar-refractivity contribution < 1.29 is 24.4 Å². The number of thioether (sulfide) groups is 1. The van der Waals surface area contributed by atoms with Gasteiger partial charge in [0.05, 0.1) is 21.3 Å². The van der Waals surface area contributed by atoms with Crippen molar-refractivity contribution in [1.29, 1.82) is 0 Å².